The minimum Gasteiger partial charge on any atom is -0.466 e. The van der Waals surface area contributed by atoms with Crippen molar-refractivity contribution in [3.8, 4) is 0 Å². The van der Waals surface area contributed by atoms with E-state index in [2.05, 4.69) is 18.6 Å². The maximum Gasteiger partial charge on any atom is 0.330 e. The average molecular weight is 412 g/mol. The van der Waals surface area contributed by atoms with Gasteiger partial charge in [0, 0.05) is 43.9 Å². The third kappa shape index (κ3) is 5.89. The van der Waals surface area contributed by atoms with Crippen LogP contribution in [0.2, 0.25) is 0 Å². The van der Waals surface area contributed by atoms with Crippen LogP contribution in [0.15, 0.2) is 36.4 Å². The van der Waals surface area contributed by atoms with E-state index in [1.807, 2.05) is 18.2 Å². The second kappa shape index (κ2) is 10.5. The van der Waals surface area contributed by atoms with Crippen LogP contribution >= 0.6 is 0 Å². The van der Waals surface area contributed by atoms with E-state index in [0.717, 1.165) is 16.8 Å². The smallest absolute Gasteiger partial charge is 0.330 e. The number of nitrogens with zero attached hydrogens (tertiary/aromatic N) is 2. The molecule has 1 aromatic rings. The zero-order valence-corrected chi connectivity index (χ0v) is 17.9. The summed E-state index contributed by atoms with van der Waals surface area (Å²) in [5.41, 5.74) is 2.61. The van der Waals surface area contributed by atoms with Crippen molar-refractivity contribution >= 4 is 35.5 Å². The lowest BCUT2D eigenvalue weighted by Crippen LogP contribution is -2.31. The van der Waals surface area contributed by atoms with Gasteiger partial charge in [-0.3, -0.25) is 19.3 Å². The molecule has 0 saturated heterocycles. The molecule has 1 aliphatic heterocycles. The van der Waals surface area contributed by atoms with E-state index in [1.54, 1.807) is 18.0 Å². The van der Waals surface area contributed by atoms with Crippen LogP contribution in [-0.4, -0.2) is 49.3 Å². The molecule has 0 aromatic heterocycles. The lowest BCUT2D eigenvalue weighted by molar-refractivity contribution is -0.137. The van der Waals surface area contributed by atoms with Gasteiger partial charge in [-0.1, -0.05) is 26.0 Å². The summed E-state index contributed by atoms with van der Waals surface area (Å²) >= 11 is 0. The highest BCUT2D eigenvalue weighted by molar-refractivity contribution is 6.12. The highest BCUT2D eigenvalue weighted by Gasteiger charge is 2.23. The molecule has 0 bridgehead atoms. The van der Waals surface area contributed by atoms with Crippen LogP contribution in [0.5, 0.6) is 0 Å². The standard InChI is InChI=1S/C23H28N2O5/c1-16(2)18-10-8-17(9-13-23(29)30-4)15-19(18)24(3)20(26)7-5-6-14-25-21(27)11-12-22(25)28/h8-13,15-16H,5-7,14H2,1-4H3/b13-9+. The van der Waals surface area contributed by atoms with Crippen LogP contribution in [0.3, 0.4) is 0 Å². The molecule has 0 N–H and O–H groups in total. The minimum atomic E-state index is -0.445. The van der Waals surface area contributed by atoms with Gasteiger partial charge in [0.2, 0.25) is 5.91 Å². The van der Waals surface area contributed by atoms with Crippen LogP contribution in [0.4, 0.5) is 5.69 Å². The summed E-state index contributed by atoms with van der Waals surface area (Å²) in [6.45, 7) is 4.42. The molecule has 30 heavy (non-hydrogen) atoms. The first-order valence-electron chi connectivity index (χ1n) is 9.94. The largest absolute Gasteiger partial charge is 0.466 e. The molecule has 0 saturated carbocycles. The Kier molecular flexibility index (Phi) is 8.09. The number of imide groups is 1. The topological polar surface area (TPSA) is 84.0 Å². The summed E-state index contributed by atoms with van der Waals surface area (Å²) < 4.78 is 4.62. The van der Waals surface area contributed by atoms with Crippen LogP contribution in [0.25, 0.3) is 6.08 Å². The number of rotatable bonds is 9. The van der Waals surface area contributed by atoms with Crippen LogP contribution in [0.1, 0.15) is 50.2 Å². The fraction of sp³-hybridized carbons (Fsp3) is 0.391. The number of anilines is 1. The molecular formula is C23H28N2O5. The Hall–Kier alpha value is -3.22. The van der Waals surface area contributed by atoms with Gasteiger partial charge < -0.3 is 9.64 Å². The predicted molar refractivity (Wildman–Crippen MR) is 115 cm³/mol. The lowest BCUT2D eigenvalue weighted by Gasteiger charge is -2.23. The van der Waals surface area contributed by atoms with E-state index in [9.17, 15) is 19.2 Å². The number of hydrogen-bond donors (Lipinski definition) is 0. The van der Waals surface area contributed by atoms with Crippen molar-refractivity contribution < 1.29 is 23.9 Å². The molecule has 0 unspecified atom stereocenters. The molecule has 0 spiro atoms. The Balaban J connectivity index is 2.02. The van der Waals surface area contributed by atoms with Crippen molar-refractivity contribution in [2.24, 2.45) is 0 Å². The fourth-order valence-electron chi connectivity index (χ4n) is 3.18. The number of carbonyl (C=O) groups is 4. The Morgan fingerprint density at radius 1 is 1.13 bits per heavy atom. The highest BCUT2D eigenvalue weighted by Crippen LogP contribution is 2.29. The molecule has 1 aliphatic rings. The summed E-state index contributed by atoms with van der Waals surface area (Å²) in [6, 6.07) is 5.73. The average Bonchev–Trinajstić information content (AvgIpc) is 3.05. The number of unbranched alkanes of at least 4 members (excludes halogenated alkanes) is 1. The summed E-state index contributed by atoms with van der Waals surface area (Å²) in [4.78, 5) is 50.0. The molecule has 0 fully saturated rings. The SMILES string of the molecule is COC(=O)/C=C/c1ccc(C(C)C)c(N(C)C(=O)CCCCN2C(=O)C=CC2=O)c1. The van der Waals surface area contributed by atoms with Gasteiger partial charge in [0.05, 0.1) is 7.11 Å². The molecule has 2 rings (SSSR count). The lowest BCUT2D eigenvalue weighted by atomic mass is 9.98. The quantitative estimate of drug-likeness (QED) is 0.269. The van der Waals surface area contributed by atoms with E-state index >= 15 is 0 Å². The van der Waals surface area contributed by atoms with Gasteiger partial charge >= 0.3 is 5.97 Å². The van der Waals surface area contributed by atoms with Gasteiger partial charge in [-0.25, -0.2) is 4.79 Å². The van der Waals surface area contributed by atoms with E-state index in [1.165, 1.54) is 30.2 Å². The maximum atomic E-state index is 12.7. The third-order valence-corrected chi connectivity index (χ3v) is 4.95. The summed E-state index contributed by atoms with van der Waals surface area (Å²) in [5, 5.41) is 0. The zero-order valence-electron chi connectivity index (χ0n) is 17.9. The summed E-state index contributed by atoms with van der Waals surface area (Å²) in [6.07, 6.45) is 6.95. The Morgan fingerprint density at radius 3 is 2.40 bits per heavy atom. The predicted octanol–water partition coefficient (Wildman–Crippen LogP) is 3.05. The number of esters is 1. The van der Waals surface area contributed by atoms with Crippen LogP contribution in [0, 0.1) is 0 Å². The number of amides is 3. The zero-order chi connectivity index (χ0) is 22.3. The van der Waals surface area contributed by atoms with Gasteiger partial charge in [-0.2, -0.15) is 0 Å². The van der Waals surface area contributed by atoms with E-state index < -0.39 is 5.97 Å². The second-order valence-electron chi connectivity index (χ2n) is 7.40. The molecule has 1 heterocycles. The van der Waals surface area contributed by atoms with Gasteiger partial charge in [-0.05, 0) is 42.0 Å². The van der Waals surface area contributed by atoms with Gasteiger partial charge in [0.25, 0.3) is 11.8 Å². The normalized spacial score (nSPS) is 13.6. The molecule has 1 aromatic carbocycles. The Morgan fingerprint density at radius 2 is 1.80 bits per heavy atom. The summed E-state index contributed by atoms with van der Waals surface area (Å²) in [7, 11) is 3.05. The fourth-order valence-corrected chi connectivity index (χ4v) is 3.18. The number of methoxy groups -OCH3 is 1. The van der Waals surface area contributed by atoms with Crippen LogP contribution in [-0.2, 0) is 23.9 Å². The molecule has 0 aliphatic carbocycles. The first kappa shape index (κ1) is 23.1. The second-order valence-corrected chi connectivity index (χ2v) is 7.40. The highest BCUT2D eigenvalue weighted by atomic mass is 16.5. The molecule has 0 radical (unpaired) electrons. The maximum absolute atomic E-state index is 12.7. The third-order valence-electron chi connectivity index (χ3n) is 4.95. The van der Waals surface area contributed by atoms with E-state index in [-0.39, 0.29) is 23.6 Å². The molecule has 7 nitrogen and oxygen atoms in total. The van der Waals surface area contributed by atoms with E-state index in [4.69, 9.17) is 0 Å². The number of benzene rings is 1. The number of carbonyl (C=O) groups excluding carboxylic acids is 4. The van der Waals surface area contributed by atoms with Crippen molar-refractivity contribution in [1.29, 1.82) is 0 Å². The molecule has 160 valence electrons. The van der Waals surface area contributed by atoms with Gasteiger partial charge in [-0.15, -0.1) is 0 Å². The van der Waals surface area contributed by atoms with Gasteiger partial charge in [0.15, 0.2) is 0 Å². The van der Waals surface area contributed by atoms with Crippen molar-refractivity contribution in [2.45, 2.75) is 39.0 Å². The van der Waals surface area contributed by atoms with Crippen molar-refractivity contribution in [2.75, 3.05) is 25.6 Å². The number of ether oxygens (including phenoxy) is 1. The molecular weight excluding hydrogens is 384 g/mol. The van der Waals surface area contributed by atoms with Crippen molar-refractivity contribution in [3.05, 3.63) is 47.6 Å². The van der Waals surface area contributed by atoms with Crippen molar-refractivity contribution in [1.82, 2.24) is 4.90 Å². The Bertz CT molecular complexity index is 868. The molecule has 7 heteroatoms. The summed E-state index contributed by atoms with van der Waals surface area (Å²) in [5.74, 6) is -0.889. The van der Waals surface area contributed by atoms with Crippen LogP contribution < -0.4 is 4.90 Å². The first-order valence-corrected chi connectivity index (χ1v) is 9.94. The van der Waals surface area contributed by atoms with Gasteiger partial charge in [0.1, 0.15) is 0 Å². The van der Waals surface area contributed by atoms with Crippen molar-refractivity contribution in [3.63, 3.8) is 0 Å². The molecule has 0 atom stereocenters. The monoisotopic (exact) mass is 412 g/mol. The van der Waals surface area contributed by atoms with E-state index in [0.29, 0.717) is 25.8 Å². The Labute approximate surface area is 177 Å². The first-order chi connectivity index (χ1) is 14.2. The number of hydrogen-bond acceptors (Lipinski definition) is 5. The minimum absolute atomic E-state index is 0.0526. The molecule has 3 amide bonds.